The molecule has 1 unspecified atom stereocenters. The average Bonchev–Trinajstić information content (AvgIpc) is 2.89. The first kappa shape index (κ1) is 19.7. The second-order valence-corrected chi connectivity index (χ2v) is 7.33. The molecule has 1 atom stereocenters. The third-order valence-electron chi connectivity index (χ3n) is 4.97. The first-order valence-electron chi connectivity index (χ1n) is 9.49. The van der Waals surface area contributed by atoms with Crippen molar-refractivity contribution in [3.63, 3.8) is 0 Å². The molecule has 146 valence electrons. The number of rotatable bonds is 5. The Morgan fingerprint density at radius 2 is 1.71 bits per heavy atom. The van der Waals surface area contributed by atoms with Gasteiger partial charge in [-0.05, 0) is 58.7 Å². The van der Waals surface area contributed by atoms with Gasteiger partial charge in [0.25, 0.3) is 5.95 Å². The van der Waals surface area contributed by atoms with Crippen molar-refractivity contribution in [3.8, 4) is 5.95 Å². The fraction of sp³-hybridized carbons (Fsp3) is 0.364. The molecule has 1 N–H and O–H groups in total. The first-order valence-corrected chi connectivity index (χ1v) is 9.49. The molecule has 1 amide bonds. The van der Waals surface area contributed by atoms with Crippen molar-refractivity contribution in [3.05, 3.63) is 69.8 Å². The van der Waals surface area contributed by atoms with Crippen LogP contribution in [-0.4, -0.2) is 25.7 Å². The molecule has 3 aromatic rings. The molecule has 0 fully saturated rings. The monoisotopic (exact) mass is 377 g/mol. The van der Waals surface area contributed by atoms with Crippen molar-refractivity contribution in [2.24, 2.45) is 0 Å². The SMILES string of the molecule is Cc1cc(C)nc(-n2nc(C)c(CC(=O)NC(C)c3ccccc3C)c2C)n1. The van der Waals surface area contributed by atoms with E-state index in [4.69, 9.17) is 0 Å². The van der Waals surface area contributed by atoms with E-state index in [1.54, 1.807) is 4.68 Å². The lowest BCUT2D eigenvalue weighted by atomic mass is 10.0. The summed E-state index contributed by atoms with van der Waals surface area (Å²) in [4.78, 5) is 21.7. The molecular weight excluding hydrogens is 350 g/mol. The van der Waals surface area contributed by atoms with E-state index in [2.05, 4.69) is 33.4 Å². The van der Waals surface area contributed by atoms with Crippen LogP contribution >= 0.6 is 0 Å². The van der Waals surface area contributed by atoms with Gasteiger partial charge in [0.15, 0.2) is 0 Å². The van der Waals surface area contributed by atoms with E-state index in [1.165, 1.54) is 5.56 Å². The molecule has 1 aromatic carbocycles. The van der Waals surface area contributed by atoms with Gasteiger partial charge < -0.3 is 5.32 Å². The second-order valence-electron chi connectivity index (χ2n) is 7.33. The first-order chi connectivity index (χ1) is 13.3. The maximum atomic E-state index is 12.7. The molecule has 0 bridgehead atoms. The van der Waals surface area contributed by atoms with Gasteiger partial charge in [0.05, 0.1) is 18.2 Å². The lowest BCUT2D eigenvalue weighted by molar-refractivity contribution is -0.121. The molecule has 2 aromatic heterocycles. The molecule has 0 radical (unpaired) electrons. The number of amides is 1. The molecule has 0 saturated heterocycles. The summed E-state index contributed by atoms with van der Waals surface area (Å²) >= 11 is 0. The van der Waals surface area contributed by atoms with Crippen molar-refractivity contribution in [2.45, 2.75) is 54.0 Å². The van der Waals surface area contributed by atoms with Crippen LogP contribution in [0, 0.1) is 34.6 Å². The number of aromatic nitrogens is 4. The topological polar surface area (TPSA) is 72.7 Å². The molecule has 2 heterocycles. The van der Waals surface area contributed by atoms with Gasteiger partial charge in [-0.2, -0.15) is 5.10 Å². The van der Waals surface area contributed by atoms with E-state index in [9.17, 15) is 4.79 Å². The number of nitrogens with one attached hydrogen (secondary N) is 1. The molecule has 6 heteroatoms. The largest absolute Gasteiger partial charge is 0.349 e. The predicted molar refractivity (Wildman–Crippen MR) is 110 cm³/mol. The van der Waals surface area contributed by atoms with Gasteiger partial charge in [0.2, 0.25) is 5.91 Å². The fourth-order valence-electron chi connectivity index (χ4n) is 3.53. The summed E-state index contributed by atoms with van der Waals surface area (Å²) in [5.74, 6) is 0.515. The number of hydrogen-bond donors (Lipinski definition) is 1. The maximum Gasteiger partial charge on any atom is 0.251 e. The van der Waals surface area contributed by atoms with E-state index >= 15 is 0 Å². The van der Waals surface area contributed by atoms with E-state index in [-0.39, 0.29) is 18.4 Å². The molecule has 0 spiro atoms. The molecule has 0 aliphatic heterocycles. The number of hydrogen-bond acceptors (Lipinski definition) is 4. The summed E-state index contributed by atoms with van der Waals surface area (Å²) in [6.07, 6.45) is 0.276. The zero-order valence-corrected chi connectivity index (χ0v) is 17.4. The van der Waals surface area contributed by atoms with E-state index in [0.717, 1.165) is 33.9 Å². The number of benzene rings is 1. The maximum absolute atomic E-state index is 12.7. The predicted octanol–water partition coefficient (Wildman–Crippen LogP) is 3.62. The van der Waals surface area contributed by atoms with Crippen LogP contribution in [0.4, 0.5) is 0 Å². The Balaban J connectivity index is 1.80. The Morgan fingerprint density at radius 1 is 1.07 bits per heavy atom. The summed E-state index contributed by atoms with van der Waals surface area (Å²) < 4.78 is 1.72. The minimum atomic E-state index is -0.0490. The van der Waals surface area contributed by atoms with Gasteiger partial charge in [0.1, 0.15) is 0 Å². The average molecular weight is 377 g/mol. The Bertz CT molecular complexity index is 1000. The highest BCUT2D eigenvalue weighted by molar-refractivity contribution is 5.79. The zero-order chi connectivity index (χ0) is 20.4. The van der Waals surface area contributed by atoms with Gasteiger partial charge in [0, 0.05) is 22.6 Å². The Morgan fingerprint density at radius 3 is 2.36 bits per heavy atom. The van der Waals surface area contributed by atoms with Crippen molar-refractivity contribution < 1.29 is 4.79 Å². The summed E-state index contributed by atoms with van der Waals surface area (Å²) in [5.41, 5.74) is 6.70. The lowest BCUT2D eigenvalue weighted by Crippen LogP contribution is -2.28. The quantitative estimate of drug-likeness (QED) is 0.737. The number of carbonyl (C=O) groups excluding carboxylic acids is 1. The molecule has 0 aliphatic rings. The molecule has 3 rings (SSSR count). The van der Waals surface area contributed by atoms with Crippen LogP contribution in [0.2, 0.25) is 0 Å². The van der Waals surface area contributed by atoms with Gasteiger partial charge >= 0.3 is 0 Å². The summed E-state index contributed by atoms with van der Waals surface area (Å²) in [6, 6.07) is 9.98. The minimum absolute atomic E-state index is 0.0251. The number of carbonyl (C=O) groups is 1. The van der Waals surface area contributed by atoms with Crippen molar-refractivity contribution in [1.29, 1.82) is 0 Å². The van der Waals surface area contributed by atoms with Crippen molar-refractivity contribution in [1.82, 2.24) is 25.1 Å². The van der Waals surface area contributed by atoms with Crippen LogP contribution in [-0.2, 0) is 11.2 Å². The van der Waals surface area contributed by atoms with Crippen LogP contribution in [0.25, 0.3) is 5.95 Å². The van der Waals surface area contributed by atoms with Crippen LogP contribution in [0.5, 0.6) is 0 Å². The molecule has 0 aliphatic carbocycles. The number of aryl methyl sites for hydroxylation is 4. The summed E-state index contributed by atoms with van der Waals surface area (Å²) in [6.45, 7) is 11.8. The highest BCUT2D eigenvalue weighted by Gasteiger charge is 2.19. The Kier molecular flexibility index (Phi) is 5.58. The third kappa shape index (κ3) is 4.11. The lowest BCUT2D eigenvalue weighted by Gasteiger charge is -2.16. The summed E-state index contributed by atoms with van der Waals surface area (Å²) in [7, 11) is 0. The fourth-order valence-corrected chi connectivity index (χ4v) is 3.53. The summed E-state index contributed by atoms with van der Waals surface area (Å²) in [5, 5.41) is 7.68. The molecule has 28 heavy (non-hydrogen) atoms. The van der Waals surface area contributed by atoms with E-state index in [0.29, 0.717) is 5.95 Å². The van der Waals surface area contributed by atoms with E-state index in [1.807, 2.05) is 58.9 Å². The number of nitrogens with zero attached hydrogens (tertiary/aromatic N) is 4. The molecule has 0 saturated carbocycles. The van der Waals surface area contributed by atoms with Crippen molar-refractivity contribution in [2.75, 3.05) is 0 Å². The van der Waals surface area contributed by atoms with E-state index < -0.39 is 0 Å². The van der Waals surface area contributed by atoms with Gasteiger partial charge in [-0.25, -0.2) is 14.6 Å². The molecule has 6 nitrogen and oxygen atoms in total. The smallest absolute Gasteiger partial charge is 0.251 e. The van der Waals surface area contributed by atoms with Gasteiger partial charge in [-0.3, -0.25) is 4.79 Å². The Hall–Kier alpha value is -3.02. The van der Waals surface area contributed by atoms with Gasteiger partial charge in [-0.1, -0.05) is 24.3 Å². The second kappa shape index (κ2) is 7.92. The van der Waals surface area contributed by atoms with Crippen molar-refractivity contribution >= 4 is 5.91 Å². The van der Waals surface area contributed by atoms with Gasteiger partial charge in [-0.15, -0.1) is 0 Å². The normalized spacial score (nSPS) is 12.1. The van der Waals surface area contributed by atoms with Crippen LogP contribution in [0.3, 0.4) is 0 Å². The molecular formula is C22H27N5O. The van der Waals surface area contributed by atoms with Crippen LogP contribution in [0.1, 0.15) is 52.4 Å². The highest BCUT2D eigenvalue weighted by atomic mass is 16.1. The Labute approximate surface area is 166 Å². The third-order valence-corrected chi connectivity index (χ3v) is 4.97. The highest BCUT2D eigenvalue weighted by Crippen LogP contribution is 2.19. The van der Waals surface area contributed by atoms with Crippen LogP contribution < -0.4 is 5.32 Å². The minimum Gasteiger partial charge on any atom is -0.349 e. The van der Waals surface area contributed by atoms with Crippen LogP contribution in [0.15, 0.2) is 30.3 Å². The standard InChI is InChI=1S/C22H27N5O/c1-13-9-7-8-10-19(13)16(4)25-21(28)12-20-17(5)26-27(18(20)6)22-23-14(2)11-15(3)24-22/h7-11,16H,12H2,1-6H3,(H,25,28). The zero-order valence-electron chi connectivity index (χ0n) is 17.4.